The zero-order chi connectivity index (χ0) is 15.7. The summed E-state index contributed by atoms with van der Waals surface area (Å²) in [6.45, 7) is 2.08. The highest BCUT2D eigenvalue weighted by Gasteiger charge is 2.21. The quantitative estimate of drug-likeness (QED) is 0.504. The number of hydrogen-bond acceptors (Lipinski definition) is 2. The number of allylic oxidation sites excluding steroid dienone is 1. The number of nitrogens with two attached hydrogens (primary N) is 2. The molecule has 22 heavy (non-hydrogen) atoms. The van der Waals surface area contributed by atoms with Gasteiger partial charge in [-0.25, -0.2) is 9.38 Å². The third-order valence-corrected chi connectivity index (χ3v) is 3.98. The van der Waals surface area contributed by atoms with Gasteiger partial charge >= 0.3 is 0 Å². The van der Waals surface area contributed by atoms with Crippen molar-refractivity contribution < 1.29 is 4.39 Å². The van der Waals surface area contributed by atoms with Crippen LogP contribution < -0.4 is 11.5 Å². The molecule has 0 spiro atoms. The summed E-state index contributed by atoms with van der Waals surface area (Å²) < 4.78 is 14.3. The van der Waals surface area contributed by atoms with Gasteiger partial charge in [0.25, 0.3) is 0 Å². The molecule has 4 heteroatoms. The van der Waals surface area contributed by atoms with Crippen molar-refractivity contribution in [3.63, 3.8) is 0 Å². The first-order valence-corrected chi connectivity index (χ1v) is 7.26. The lowest BCUT2D eigenvalue weighted by Gasteiger charge is -2.21. The number of halogens is 1. The zero-order valence-corrected chi connectivity index (χ0v) is 12.4. The molecule has 0 aromatic heterocycles. The largest absolute Gasteiger partial charge is 0.398 e. The molecule has 0 heterocycles. The monoisotopic (exact) mass is 295 g/mol. The lowest BCUT2D eigenvalue weighted by atomic mass is 9.86. The molecule has 1 atom stereocenters. The molecule has 112 valence electrons. The summed E-state index contributed by atoms with van der Waals surface area (Å²) in [5, 5.41) is 0. The minimum atomic E-state index is -0.270. The van der Waals surface area contributed by atoms with Crippen LogP contribution in [0.1, 0.15) is 36.0 Å². The van der Waals surface area contributed by atoms with Crippen LogP contribution in [0.2, 0.25) is 0 Å². The molecule has 2 aromatic carbocycles. The molecule has 2 aromatic rings. The van der Waals surface area contributed by atoms with Crippen molar-refractivity contribution >= 4 is 17.2 Å². The van der Waals surface area contributed by atoms with Gasteiger partial charge in [0.2, 0.25) is 0 Å². The summed E-state index contributed by atoms with van der Waals surface area (Å²) in [4.78, 5) is 4.44. The van der Waals surface area contributed by atoms with Gasteiger partial charge in [0.05, 0.1) is 5.70 Å². The van der Waals surface area contributed by atoms with Gasteiger partial charge in [0, 0.05) is 16.8 Å². The maximum Gasteiger partial charge on any atom is 0.133 e. The minimum absolute atomic E-state index is 0.270. The third-order valence-electron chi connectivity index (χ3n) is 3.98. The number of benzene rings is 2. The normalized spacial score (nSPS) is 17.8. The fraction of sp³-hybridized carbons (Fsp3) is 0.167. The maximum absolute atomic E-state index is 14.3. The molecule has 0 fully saturated rings. The lowest BCUT2D eigenvalue weighted by molar-refractivity contribution is 0.613. The number of nitrogens with zero attached hydrogens (tertiary/aromatic N) is 1. The van der Waals surface area contributed by atoms with Crippen molar-refractivity contribution in [2.24, 2.45) is 10.7 Å². The Morgan fingerprint density at radius 3 is 2.73 bits per heavy atom. The summed E-state index contributed by atoms with van der Waals surface area (Å²) in [6, 6.07) is 12.4. The number of nitrogen functional groups attached to an aromatic ring is 1. The van der Waals surface area contributed by atoms with E-state index in [2.05, 4.69) is 11.9 Å². The van der Waals surface area contributed by atoms with Crippen molar-refractivity contribution in [1.29, 1.82) is 0 Å². The van der Waals surface area contributed by atoms with E-state index in [1.807, 2.05) is 30.3 Å². The first kappa shape index (κ1) is 14.3. The van der Waals surface area contributed by atoms with Gasteiger partial charge < -0.3 is 11.5 Å². The van der Waals surface area contributed by atoms with E-state index >= 15 is 0 Å². The second kappa shape index (κ2) is 5.64. The van der Waals surface area contributed by atoms with E-state index in [4.69, 9.17) is 11.5 Å². The van der Waals surface area contributed by atoms with Crippen molar-refractivity contribution in [1.82, 2.24) is 0 Å². The maximum atomic E-state index is 14.3. The molecule has 1 aliphatic carbocycles. The third kappa shape index (κ3) is 2.48. The van der Waals surface area contributed by atoms with E-state index in [1.54, 1.807) is 12.1 Å². The fourth-order valence-electron chi connectivity index (χ4n) is 2.76. The molecule has 0 aliphatic heterocycles. The number of para-hydroxylation sites is 1. The molecular weight excluding hydrogens is 277 g/mol. The van der Waals surface area contributed by atoms with Gasteiger partial charge in [-0.15, -0.1) is 0 Å². The second-order valence-corrected chi connectivity index (χ2v) is 5.51. The highest BCUT2D eigenvalue weighted by Crippen LogP contribution is 2.36. The highest BCUT2D eigenvalue weighted by atomic mass is 19.1. The Morgan fingerprint density at radius 2 is 1.95 bits per heavy atom. The Kier molecular flexibility index (Phi) is 3.67. The zero-order valence-electron chi connectivity index (χ0n) is 12.4. The molecule has 0 radical (unpaired) electrons. The molecule has 0 saturated carbocycles. The smallest absolute Gasteiger partial charge is 0.133 e. The van der Waals surface area contributed by atoms with Crippen LogP contribution in [0.15, 0.2) is 53.5 Å². The Bertz CT molecular complexity index is 778. The summed E-state index contributed by atoms with van der Waals surface area (Å²) in [5.74, 6) is 0.300. The SMILES string of the molecule is CC1CC=C(N=C(N)c2ccccc2N)c2c(F)cccc21. The van der Waals surface area contributed by atoms with Crippen LogP contribution in [-0.4, -0.2) is 5.84 Å². The first-order valence-electron chi connectivity index (χ1n) is 7.26. The Labute approximate surface area is 129 Å². The van der Waals surface area contributed by atoms with E-state index in [1.165, 1.54) is 6.07 Å². The summed E-state index contributed by atoms with van der Waals surface area (Å²) in [7, 11) is 0. The van der Waals surface area contributed by atoms with Crippen molar-refractivity contribution in [3.8, 4) is 0 Å². The number of amidine groups is 1. The van der Waals surface area contributed by atoms with Gasteiger partial charge in [-0.3, -0.25) is 0 Å². The number of rotatable bonds is 2. The number of fused-ring (bicyclic) bond motifs is 1. The van der Waals surface area contributed by atoms with Crippen LogP contribution >= 0.6 is 0 Å². The van der Waals surface area contributed by atoms with Crippen LogP contribution in [0.4, 0.5) is 10.1 Å². The van der Waals surface area contributed by atoms with Crippen molar-refractivity contribution in [3.05, 3.63) is 71.0 Å². The average Bonchev–Trinajstić information content (AvgIpc) is 2.51. The fourth-order valence-corrected chi connectivity index (χ4v) is 2.76. The van der Waals surface area contributed by atoms with E-state index in [9.17, 15) is 4.39 Å². The first-order chi connectivity index (χ1) is 10.6. The van der Waals surface area contributed by atoms with Crippen LogP contribution in [0, 0.1) is 5.82 Å². The van der Waals surface area contributed by atoms with Gasteiger partial charge in [0.15, 0.2) is 0 Å². The van der Waals surface area contributed by atoms with Gasteiger partial charge in [-0.05, 0) is 36.1 Å². The summed E-state index contributed by atoms with van der Waals surface area (Å²) >= 11 is 0. The Balaban J connectivity index is 2.07. The predicted molar refractivity (Wildman–Crippen MR) is 89.0 cm³/mol. The van der Waals surface area contributed by atoms with Crippen molar-refractivity contribution in [2.75, 3.05) is 5.73 Å². The molecule has 4 N–H and O–H groups in total. The van der Waals surface area contributed by atoms with E-state index < -0.39 is 0 Å². The molecule has 1 unspecified atom stereocenters. The number of hydrogen-bond donors (Lipinski definition) is 2. The average molecular weight is 295 g/mol. The number of aliphatic imine (C=N–C) groups is 1. The Hall–Kier alpha value is -2.62. The molecule has 0 bridgehead atoms. The predicted octanol–water partition coefficient (Wildman–Crippen LogP) is 3.66. The summed E-state index contributed by atoms with van der Waals surface area (Å²) in [6.07, 6.45) is 2.74. The second-order valence-electron chi connectivity index (χ2n) is 5.51. The highest BCUT2D eigenvalue weighted by molar-refractivity contribution is 6.04. The summed E-state index contributed by atoms with van der Waals surface area (Å²) in [5.41, 5.74) is 15.3. The number of anilines is 1. The molecular formula is C18H18FN3. The van der Waals surface area contributed by atoms with Crippen LogP contribution in [0.3, 0.4) is 0 Å². The van der Waals surface area contributed by atoms with E-state index in [0.29, 0.717) is 28.3 Å². The standard InChI is InChI=1S/C18H18FN3/c1-11-9-10-16(17-12(11)6-4-7-14(17)19)22-18(21)13-5-2-3-8-15(13)20/h2-8,10-11H,9,20H2,1H3,(H2,21,22). The van der Waals surface area contributed by atoms with Gasteiger partial charge in [0.1, 0.15) is 11.7 Å². The molecule has 3 rings (SSSR count). The molecule has 1 aliphatic rings. The van der Waals surface area contributed by atoms with E-state index in [0.717, 1.165) is 12.0 Å². The lowest BCUT2D eigenvalue weighted by Crippen LogP contribution is -2.16. The van der Waals surface area contributed by atoms with Crippen LogP contribution in [0.5, 0.6) is 0 Å². The topological polar surface area (TPSA) is 64.4 Å². The van der Waals surface area contributed by atoms with E-state index in [-0.39, 0.29) is 11.7 Å². The van der Waals surface area contributed by atoms with Crippen LogP contribution in [0.25, 0.3) is 5.70 Å². The van der Waals surface area contributed by atoms with Crippen LogP contribution in [-0.2, 0) is 0 Å². The van der Waals surface area contributed by atoms with Gasteiger partial charge in [-0.2, -0.15) is 0 Å². The van der Waals surface area contributed by atoms with Crippen molar-refractivity contribution in [2.45, 2.75) is 19.3 Å². The molecule has 0 amide bonds. The Morgan fingerprint density at radius 1 is 1.18 bits per heavy atom. The molecule has 0 saturated heterocycles. The minimum Gasteiger partial charge on any atom is -0.398 e. The molecule has 3 nitrogen and oxygen atoms in total. The van der Waals surface area contributed by atoms with Gasteiger partial charge in [-0.1, -0.05) is 37.3 Å².